The number of benzene rings is 10. The van der Waals surface area contributed by atoms with Gasteiger partial charge in [0.05, 0.1) is 5.69 Å². The van der Waals surface area contributed by atoms with Crippen molar-refractivity contribution in [2.45, 2.75) is 248 Å². The molecule has 4 nitrogen and oxygen atoms in total. The van der Waals surface area contributed by atoms with Crippen LogP contribution in [0.1, 0.15) is 247 Å². The van der Waals surface area contributed by atoms with Crippen molar-refractivity contribution in [2.75, 3.05) is 26.1 Å². The molecular weight excluding hydrogens is 1260 g/mol. The summed E-state index contributed by atoms with van der Waals surface area (Å²) >= 11 is 0. The van der Waals surface area contributed by atoms with Gasteiger partial charge in [0, 0.05) is 64.3 Å². The molecule has 0 spiro atoms. The third kappa shape index (κ3) is 14.3. The highest BCUT2D eigenvalue weighted by molar-refractivity contribution is 7.00. The SMILES string of the molecule is CC(C)(C)c1ccc(N(Cc2cc3c(cc2C(C)(C)C)N(c2cccc(C(C)(C)C)c2)c2cc(N(c4ccc(C(C)(C)C)cc4)c4ccc(C(C)(C)C)cc4)cc4c2B3c2cc3c(cc2N4CCc2ccc(C(C)(C)C)cc2-c2ccccc2)C(C)(C)CCC3(C)C)c2ccc(C(C)(C)C)cc2)cc1. The third-order valence-electron chi connectivity index (χ3n) is 23.5. The molecule has 5 heteroatoms. The Morgan fingerprint density at radius 3 is 1.28 bits per heavy atom. The van der Waals surface area contributed by atoms with Gasteiger partial charge in [-0.05, 0) is 242 Å². The van der Waals surface area contributed by atoms with Crippen LogP contribution in [0.25, 0.3) is 11.1 Å². The minimum absolute atomic E-state index is 0.0103. The summed E-state index contributed by atoms with van der Waals surface area (Å²) in [6.45, 7) is 60.7. The minimum Gasteiger partial charge on any atom is -0.342 e. The van der Waals surface area contributed by atoms with E-state index < -0.39 is 0 Å². The van der Waals surface area contributed by atoms with Gasteiger partial charge in [0.2, 0.25) is 0 Å². The zero-order valence-corrected chi connectivity index (χ0v) is 68.0. The molecule has 10 aromatic rings. The van der Waals surface area contributed by atoms with Gasteiger partial charge < -0.3 is 19.6 Å². The van der Waals surface area contributed by atoms with Gasteiger partial charge in [-0.3, -0.25) is 0 Å². The van der Waals surface area contributed by atoms with Crippen molar-refractivity contribution in [1.29, 1.82) is 0 Å². The van der Waals surface area contributed by atoms with E-state index in [0.29, 0.717) is 6.54 Å². The van der Waals surface area contributed by atoms with Crippen LogP contribution in [0.4, 0.5) is 56.9 Å². The molecule has 1 aliphatic carbocycles. The lowest BCUT2D eigenvalue weighted by Gasteiger charge is -2.48. The van der Waals surface area contributed by atoms with E-state index in [9.17, 15) is 0 Å². The van der Waals surface area contributed by atoms with Gasteiger partial charge in [-0.2, -0.15) is 0 Å². The van der Waals surface area contributed by atoms with Crippen molar-refractivity contribution in [3.05, 3.63) is 267 Å². The van der Waals surface area contributed by atoms with E-state index in [0.717, 1.165) is 48.6 Å². The highest BCUT2D eigenvalue weighted by Crippen LogP contribution is 2.53. The Kier molecular flexibility index (Phi) is 18.6. The first-order valence-electron chi connectivity index (χ1n) is 38.9. The Balaban J connectivity index is 1.16. The van der Waals surface area contributed by atoms with Gasteiger partial charge in [-0.25, -0.2) is 0 Å². The van der Waals surface area contributed by atoms with E-state index in [2.05, 4.69) is 399 Å². The van der Waals surface area contributed by atoms with Crippen LogP contribution in [0, 0.1) is 0 Å². The standard InChI is InChI=1S/C99H119BN4/c1-91(2,3)68-36-44-74(45-37-68)102(75-46-38-69(39-47-75)92(4,5)6)64-67-56-84-87(62-81(67)97(19,20)21)104(78-33-29-32-72(57-78)95(13,14)15)89-60-79(103(76-48-40-70(41-49-76)93(7,8)9)77-50-42-71(43-51-77)94(10,11)12)59-88-90(89)100(84)85-61-82-83(99(24,25)54-53-98(82,22)23)63-86(85)101(88)55-52-66-34-35-73(96(16,17)18)58-80(66)65-30-27-26-28-31-65/h26-51,56-63H,52-55,64H2,1-25H3. The van der Waals surface area contributed by atoms with E-state index in [-0.39, 0.29) is 55.4 Å². The first-order valence-corrected chi connectivity index (χ1v) is 38.9. The second kappa shape index (κ2) is 26.2. The first-order chi connectivity index (χ1) is 48.5. The predicted octanol–water partition coefficient (Wildman–Crippen LogP) is 25.6. The van der Waals surface area contributed by atoms with E-state index in [1.807, 2.05) is 0 Å². The van der Waals surface area contributed by atoms with Crippen molar-refractivity contribution in [3.63, 3.8) is 0 Å². The summed E-state index contributed by atoms with van der Waals surface area (Å²) in [7, 11) is 0. The van der Waals surface area contributed by atoms with Crippen LogP contribution in [0.3, 0.4) is 0 Å². The lowest BCUT2D eigenvalue weighted by atomic mass is 9.33. The number of nitrogens with zero attached hydrogens (tertiary/aromatic N) is 4. The van der Waals surface area contributed by atoms with E-state index in [1.165, 1.54) is 123 Å². The molecule has 13 rings (SSSR count). The number of anilines is 10. The maximum absolute atomic E-state index is 2.81. The maximum atomic E-state index is 2.81. The number of rotatable bonds is 12. The van der Waals surface area contributed by atoms with Crippen molar-refractivity contribution < 1.29 is 0 Å². The van der Waals surface area contributed by atoms with E-state index >= 15 is 0 Å². The number of fused-ring (bicyclic) bond motifs is 5. The number of hydrogen-bond donors (Lipinski definition) is 0. The Labute approximate surface area is 628 Å². The zero-order chi connectivity index (χ0) is 75.0. The molecule has 2 aliphatic heterocycles. The molecule has 0 saturated carbocycles. The Morgan fingerprint density at radius 1 is 0.356 bits per heavy atom. The Hall–Kier alpha value is -8.54. The fourth-order valence-electron chi connectivity index (χ4n) is 16.6. The molecule has 0 aromatic heterocycles. The highest BCUT2D eigenvalue weighted by Gasteiger charge is 2.48. The molecule has 0 fully saturated rings. The molecule has 0 atom stereocenters. The van der Waals surface area contributed by atoms with Crippen molar-refractivity contribution in [1.82, 2.24) is 0 Å². The normalized spacial score (nSPS) is 15.1. The molecule has 0 unspecified atom stereocenters. The van der Waals surface area contributed by atoms with Crippen LogP contribution in [0.5, 0.6) is 0 Å². The lowest BCUT2D eigenvalue weighted by molar-refractivity contribution is 0.332. The largest absolute Gasteiger partial charge is 0.342 e. The fourth-order valence-corrected chi connectivity index (χ4v) is 16.6. The van der Waals surface area contributed by atoms with Crippen LogP contribution in [-0.4, -0.2) is 13.3 Å². The average molecular weight is 1380 g/mol. The quantitative estimate of drug-likeness (QED) is 0.113. The van der Waals surface area contributed by atoms with E-state index in [1.54, 1.807) is 0 Å². The molecule has 0 amide bonds. The minimum atomic E-state index is -0.261. The monoisotopic (exact) mass is 1370 g/mol. The fraction of sp³-hybridized carbons (Fsp3) is 0.394. The molecule has 2 heterocycles. The van der Waals surface area contributed by atoms with Gasteiger partial charge in [-0.1, -0.05) is 294 Å². The molecule has 3 aliphatic rings. The van der Waals surface area contributed by atoms with Crippen LogP contribution >= 0.6 is 0 Å². The van der Waals surface area contributed by atoms with Crippen molar-refractivity contribution >= 4 is 80.0 Å². The predicted molar refractivity (Wildman–Crippen MR) is 454 cm³/mol. The summed E-state index contributed by atoms with van der Waals surface area (Å²) < 4.78 is 0. The van der Waals surface area contributed by atoms with Crippen LogP contribution in [0.15, 0.2) is 206 Å². The molecule has 104 heavy (non-hydrogen) atoms. The second-order valence-electron chi connectivity index (χ2n) is 39.5. The van der Waals surface area contributed by atoms with Gasteiger partial charge >= 0.3 is 0 Å². The Bertz CT molecular complexity index is 4710. The van der Waals surface area contributed by atoms with Crippen LogP contribution in [-0.2, 0) is 61.7 Å². The van der Waals surface area contributed by atoms with Gasteiger partial charge in [0.1, 0.15) is 0 Å². The van der Waals surface area contributed by atoms with Crippen LogP contribution < -0.4 is 36.0 Å². The molecule has 0 N–H and O–H groups in total. The summed E-state index contributed by atoms with van der Waals surface area (Å²) in [5.41, 5.74) is 32.9. The molecule has 0 bridgehead atoms. The average Bonchev–Trinajstić information content (AvgIpc) is 0.688. The van der Waals surface area contributed by atoms with E-state index in [4.69, 9.17) is 0 Å². The number of hydrogen-bond acceptors (Lipinski definition) is 4. The Morgan fingerprint density at radius 2 is 0.798 bits per heavy atom. The van der Waals surface area contributed by atoms with Crippen molar-refractivity contribution in [2.24, 2.45) is 0 Å². The molecular formula is C99H119BN4. The molecule has 10 aromatic carbocycles. The molecule has 0 saturated heterocycles. The second-order valence-corrected chi connectivity index (χ2v) is 39.5. The molecule has 538 valence electrons. The van der Waals surface area contributed by atoms with Gasteiger partial charge in [0.15, 0.2) is 0 Å². The summed E-state index contributed by atoms with van der Waals surface area (Å²) in [4.78, 5) is 10.7. The first kappa shape index (κ1) is 73.8. The van der Waals surface area contributed by atoms with Crippen molar-refractivity contribution in [3.8, 4) is 11.1 Å². The van der Waals surface area contributed by atoms with Gasteiger partial charge in [0.25, 0.3) is 6.71 Å². The summed E-state index contributed by atoms with van der Waals surface area (Å²) in [6.07, 6.45) is 3.07. The van der Waals surface area contributed by atoms with Crippen LogP contribution in [0.2, 0.25) is 0 Å². The summed E-state index contributed by atoms with van der Waals surface area (Å²) in [6, 6.07) is 82.0. The smallest absolute Gasteiger partial charge is 0.252 e. The topological polar surface area (TPSA) is 13.0 Å². The third-order valence-corrected chi connectivity index (χ3v) is 23.5. The molecule has 0 radical (unpaired) electrons. The highest BCUT2D eigenvalue weighted by atomic mass is 15.2. The lowest BCUT2D eigenvalue weighted by Crippen LogP contribution is -2.62. The zero-order valence-electron chi connectivity index (χ0n) is 68.0. The summed E-state index contributed by atoms with van der Waals surface area (Å²) in [5.74, 6) is 0. The van der Waals surface area contributed by atoms with Gasteiger partial charge in [-0.15, -0.1) is 0 Å². The maximum Gasteiger partial charge on any atom is 0.252 e. The summed E-state index contributed by atoms with van der Waals surface area (Å²) in [5, 5.41) is 0.